The monoisotopic (exact) mass is 448 g/mol. The van der Waals surface area contributed by atoms with Crippen molar-refractivity contribution in [2.24, 2.45) is 5.92 Å². The molecular formula is C23H29FN2O4S. The van der Waals surface area contributed by atoms with E-state index in [0.717, 1.165) is 28.9 Å². The molecule has 1 aliphatic heterocycles. The highest BCUT2D eigenvalue weighted by atomic mass is 32.2. The summed E-state index contributed by atoms with van der Waals surface area (Å²) in [6.07, 6.45) is 1.13. The van der Waals surface area contributed by atoms with Gasteiger partial charge in [0.05, 0.1) is 13.0 Å². The van der Waals surface area contributed by atoms with E-state index in [2.05, 4.69) is 19.2 Å². The summed E-state index contributed by atoms with van der Waals surface area (Å²) in [7, 11) is -2.67. The highest BCUT2D eigenvalue weighted by Gasteiger charge is 2.35. The lowest BCUT2D eigenvalue weighted by atomic mass is 9.95. The number of halogens is 1. The average Bonchev–Trinajstić information content (AvgIpc) is 2.75. The quantitative estimate of drug-likeness (QED) is 0.715. The molecule has 0 saturated carbocycles. The number of methoxy groups -OCH3 is 1. The number of sulfonamides is 1. The zero-order valence-corrected chi connectivity index (χ0v) is 19.1. The van der Waals surface area contributed by atoms with E-state index in [1.807, 2.05) is 25.1 Å². The molecule has 0 aromatic heterocycles. The molecule has 6 nitrogen and oxygen atoms in total. The summed E-state index contributed by atoms with van der Waals surface area (Å²) in [4.78, 5) is 12.8. The summed E-state index contributed by atoms with van der Waals surface area (Å²) in [5.41, 5.74) is 2.79. The lowest BCUT2D eigenvalue weighted by Gasteiger charge is -2.32. The number of benzene rings is 2. The van der Waals surface area contributed by atoms with Crippen LogP contribution < -0.4 is 10.1 Å². The smallest absolute Gasteiger partial charge is 0.246 e. The average molecular weight is 449 g/mol. The molecule has 0 radical (unpaired) electrons. The Bertz CT molecular complexity index is 1070. The van der Waals surface area contributed by atoms with Crippen LogP contribution in [0.5, 0.6) is 5.75 Å². The number of para-hydroxylation sites is 1. The first-order valence-electron chi connectivity index (χ1n) is 10.4. The summed E-state index contributed by atoms with van der Waals surface area (Å²) in [5.74, 6) is -1.05. The molecule has 8 heteroatoms. The molecule has 168 valence electrons. The van der Waals surface area contributed by atoms with Crippen LogP contribution in [0.25, 0.3) is 0 Å². The Labute approximate surface area is 183 Å². The van der Waals surface area contributed by atoms with E-state index in [1.54, 1.807) is 0 Å². The number of amides is 1. The normalized spacial score (nSPS) is 17.5. The topological polar surface area (TPSA) is 75.7 Å². The first-order chi connectivity index (χ1) is 14.6. The molecule has 0 spiro atoms. The minimum Gasteiger partial charge on any atom is -0.495 e. The van der Waals surface area contributed by atoms with Gasteiger partial charge < -0.3 is 10.1 Å². The summed E-state index contributed by atoms with van der Waals surface area (Å²) >= 11 is 0. The van der Waals surface area contributed by atoms with Crippen LogP contribution in [-0.4, -0.2) is 38.8 Å². The molecule has 1 N–H and O–H groups in total. The number of nitrogens with zero attached hydrogens (tertiary/aromatic N) is 1. The third-order valence-corrected chi connectivity index (χ3v) is 7.56. The minimum absolute atomic E-state index is 0.0384. The molecule has 1 heterocycles. The summed E-state index contributed by atoms with van der Waals surface area (Å²) in [6.45, 7) is 6.37. The number of rotatable bonds is 6. The van der Waals surface area contributed by atoms with Crippen LogP contribution in [0.15, 0.2) is 41.3 Å². The van der Waals surface area contributed by atoms with Crippen molar-refractivity contribution in [1.82, 2.24) is 4.31 Å². The summed E-state index contributed by atoms with van der Waals surface area (Å²) < 4.78 is 46.5. The third-order valence-electron chi connectivity index (χ3n) is 5.67. The molecule has 2 aromatic rings. The molecule has 1 aliphatic rings. The Kier molecular flexibility index (Phi) is 7.01. The van der Waals surface area contributed by atoms with Gasteiger partial charge in [-0.05, 0) is 55.0 Å². The number of aryl methyl sites for hydroxylation is 1. The standard InChI is InChI=1S/C23H29FN2O4S/c1-15(2)19-9-5-7-16(3)22(19)25-23(27)17-8-6-12-26(14-17)31(28,29)21-13-18(24)10-11-20(21)30-4/h5,7,9-11,13,15,17H,6,8,12,14H2,1-4H3,(H,25,27)/t17-/m0/s1. The molecule has 1 fully saturated rings. The first-order valence-corrected chi connectivity index (χ1v) is 11.8. The molecule has 0 bridgehead atoms. The van der Waals surface area contributed by atoms with E-state index >= 15 is 0 Å². The van der Waals surface area contributed by atoms with Crippen LogP contribution in [0, 0.1) is 18.7 Å². The molecule has 0 unspecified atom stereocenters. The fraction of sp³-hybridized carbons (Fsp3) is 0.435. The van der Waals surface area contributed by atoms with Gasteiger partial charge >= 0.3 is 0 Å². The van der Waals surface area contributed by atoms with Gasteiger partial charge in [0.1, 0.15) is 16.5 Å². The Balaban J connectivity index is 1.83. The van der Waals surface area contributed by atoms with E-state index < -0.39 is 21.8 Å². The van der Waals surface area contributed by atoms with E-state index in [0.29, 0.717) is 12.8 Å². The highest BCUT2D eigenvalue weighted by molar-refractivity contribution is 7.89. The first kappa shape index (κ1) is 23.2. The molecule has 0 aliphatic carbocycles. The van der Waals surface area contributed by atoms with E-state index in [1.165, 1.54) is 17.5 Å². The Morgan fingerprint density at radius 1 is 1.26 bits per heavy atom. The second-order valence-electron chi connectivity index (χ2n) is 8.18. The number of carbonyl (C=O) groups excluding carboxylic acids is 1. The SMILES string of the molecule is COc1ccc(F)cc1S(=O)(=O)N1CCC[C@H](C(=O)Nc2c(C)cccc2C(C)C)C1. The van der Waals surface area contributed by atoms with E-state index in [4.69, 9.17) is 4.74 Å². The maximum atomic E-state index is 13.8. The highest BCUT2D eigenvalue weighted by Crippen LogP contribution is 2.32. The fourth-order valence-electron chi connectivity index (χ4n) is 3.93. The number of ether oxygens (including phenoxy) is 1. The molecule has 1 atom stereocenters. The molecular weight excluding hydrogens is 419 g/mol. The van der Waals surface area contributed by atoms with Crippen LogP contribution >= 0.6 is 0 Å². The van der Waals surface area contributed by atoms with Crippen molar-refractivity contribution in [2.75, 3.05) is 25.5 Å². The predicted molar refractivity (Wildman–Crippen MR) is 118 cm³/mol. The maximum Gasteiger partial charge on any atom is 0.246 e. The van der Waals surface area contributed by atoms with Gasteiger partial charge in [0.15, 0.2) is 0 Å². The van der Waals surface area contributed by atoms with Gasteiger partial charge in [0.2, 0.25) is 15.9 Å². The zero-order chi connectivity index (χ0) is 22.8. The minimum atomic E-state index is -4.01. The van der Waals surface area contributed by atoms with E-state index in [9.17, 15) is 17.6 Å². The number of carbonyl (C=O) groups is 1. The Hall–Kier alpha value is -2.45. The summed E-state index contributed by atoms with van der Waals surface area (Å²) in [5, 5.41) is 3.03. The molecule has 1 saturated heterocycles. The van der Waals surface area contributed by atoms with Gasteiger partial charge in [0, 0.05) is 18.8 Å². The largest absolute Gasteiger partial charge is 0.495 e. The molecule has 31 heavy (non-hydrogen) atoms. The number of anilines is 1. The van der Waals surface area contributed by atoms with Gasteiger partial charge in [-0.1, -0.05) is 32.0 Å². The van der Waals surface area contributed by atoms with Gasteiger partial charge in [0.25, 0.3) is 0 Å². The van der Waals surface area contributed by atoms with Crippen LogP contribution in [0.3, 0.4) is 0 Å². The van der Waals surface area contributed by atoms with Crippen molar-refractivity contribution < 1.29 is 22.3 Å². The van der Waals surface area contributed by atoms with Crippen LogP contribution in [0.1, 0.15) is 43.7 Å². The van der Waals surface area contributed by atoms with Crippen LogP contribution in [-0.2, 0) is 14.8 Å². The lowest BCUT2D eigenvalue weighted by Crippen LogP contribution is -2.43. The number of nitrogens with one attached hydrogen (secondary N) is 1. The second kappa shape index (κ2) is 9.36. The van der Waals surface area contributed by atoms with Crippen molar-refractivity contribution in [1.29, 1.82) is 0 Å². The molecule has 3 rings (SSSR count). The number of hydrogen-bond donors (Lipinski definition) is 1. The van der Waals surface area contributed by atoms with Crippen molar-refractivity contribution in [3.8, 4) is 5.75 Å². The van der Waals surface area contributed by atoms with Gasteiger partial charge in [-0.25, -0.2) is 12.8 Å². The second-order valence-corrected chi connectivity index (χ2v) is 10.1. The van der Waals surface area contributed by atoms with Crippen molar-refractivity contribution in [3.63, 3.8) is 0 Å². The summed E-state index contributed by atoms with van der Waals surface area (Å²) in [6, 6.07) is 9.29. The molecule has 1 amide bonds. The van der Waals surface area contributed by atoms with Gasteiger partial charge in [-0.2, -0.15) is 4.31 Å². The van der Waals surface area contributed by atoms with Crippen molar-refractivity contribution >= 4 is 21.6 Å². The number of hydrogen-bond acceptors (Lipinski definition) is 4. The fourth-order valence-corrected chi connectivity index (χ4v) is 5.62. The van der Waals surface area contributed by atoms with E-state index in [-0.39, 0.29) is 35.6 Å². The van der Waals surface area contributed by atoms with Crippen LogP contribution in [0.4, 0.5) is 10.1 Å². The van der Waals surface area contributed by atoms with Gasteiger partial charge in [-0.3, -0.25) is 4.79 Å². The Morgan fingerprint density at radius 2 is 2.00 bits per heavy atom. The zero-order valence-electron chi connectivity index (χ0n) is 18.3. The lowest BCUT2D eigenvalue weighted by molar-refractivity contribution is -0.120. The third kappa shape index (κ3) is 4.91. The maximum absolute atomic E-state index is 13.8. The van der Waals surface area contributed by atoms with Crippen molar-refractivity contribution in [2.45, 2.75) is 44.4 Å². The van der Waals surface area contributed by atoms with Crippen molar-refractivity contribution in [3.05, 3.63) is 53.3 Å². The predicted octanol–water partition coefficient (Wildman–Crippen LogP) is 4.31. The molecule has 2 aromatic carbocycles. The Morgan fingerprint density at radius 3 is 2.68 bits per heavy atom. The van der Waals surface area contributed by atoms with Crippen LogP contribution in [0.2, 0.25) is 0 Å². The van der Waals surface area contributed by atoms with Gasteiger partial charge in [-0.15, -0.1) is 0 Å². The number of piperidine rings is 1.